The number of carbonyl (C=O) groups is 1. The number of piperidine rings is 1. The largest absolute Gasteiger partial charge is 0.343 e. The van der Waals surface area contributed by atoms with E-state index in [2.05, 4.69) is 13.8 Å². The lowest BCUT2D eigenvalue weighted by atomic mass is 10.0. The van der Waals surface area contributed by atoms with Gasteiger partial charge < -0.3 is 4.90 Å². The summed E-state index contributed by atoms with van der Waals surface area (Å²) in [7, 11) is -3.41. The molecule has 5 nitrogen and oxygen atoms in total. The van der Waals surface area contributed by atoms with E-state index in [4.69, 9.17) is 0 Å². The van der Waals surface area contributed by atoms with E-state index in [-0.39, 0.29) is 18.9 Å². The number of nitrogens with zero attached hydrogens (tertiary/aromatic N) is 2. The van der Waals surface area contributed by atoms with Gasteiger partial charge in [-0.25, -0.2) is 8.42 Å². The van der Waals surface area contributed by atoms with Gasteiger partial charge in [0.05, 0.1) is 11.9 Å². The van der Waals surface area contributed by atoms with Gasteiger partial charge in [0, 0.05) is 26.1 Å². The van der Waals surface area contributed by atoms with E-state index >= 15 is 0 Å². The minimum Gasteiger partial charge on any atom is -0.343 e. The number of amides is 1. The standard InChI is InChI=1S/C18H28N2O3S/c1-15(2)16-7-9-17(10-8-16)20(24(3,22)23)14-11-18(21)19-12-5-4-6-13-19/h7-10,15H,4-6,11-14H2,1-3H3. The van der Waals surface area contributed by atoms with Crippen molar-refractivity contribution in [1.29, 1.82) is 0 Å². The highest BCUT2D eigenvalue weighted by atomic mass is 32.2. The maximum Gasteiger partial charge on any atom is 0.232 e. The second-order valence-electron chi connectivity index (χ2n) is 6.77. The molecule has 0 aromatic heterocycles. The Bertz CT molecular complexity index is 647. The molecular weight excluding hydrogens is 324 g/mol. The first-order valence-corrected chi connectivity index (χ1v) is 10.5. The first-order chi connectivity index (χ1) is 11.3. The molecule has 1 aromatic rings. The van der Waals surface area contributed by atoms with Crippen molar-refractivity contribution in [3.8, 4) is 0 Å². The third-order valence-corrected chi connectivity index (χ3v) is 5.68. The molecule has 0 spiro atoms. The SMILES string of the molecule is CC(C)c1ccc(N(CCC(=O)N2CCCCC2)S(C)(=O)=O)cc1. The van der Waals surface area contributed by atoms with Gasteiger partial charge in [0.15, 0.2) is 0 Å². The fourth-order valence-electron chi connectivity index (χ4n) is 3.01. The van der Waals surface area contributed by atoms with Crippen LogP contribution in [0.1, 0.15) is 51.0 Å². The number of hydrogen-bond donors (Lipinski definition) is 0. The Morgan fingerprint density at radius 3 is 2.21 bits per heavy atom. The number of rotatable bonds is 6. The number of carbonyl (C=O) groups excluding carboxylic acids is 1. The number of sulfonamides is 1. The van der Waals surface area contributed by atoms with Crippen molar-refractivity contribution in [3.05, 3.63) is 29.8 Å². The minimum absolute atomic E-state index is 0.0437. The molecule has 1 aromatic carbocycles. The highest BCUT2D eigenvalue weighted by Gasteiger charge is 2.21. The van der Waals surface area contributed by atoms with Crippen LogP contribution in [0.4, 0.5) is 5.69 Å². The second-order valence-corrected chi connectivity index (χ2v) is 8.68. The highest BCUT2D eigenvalue weighted by Crippen LogP contribution is 2.22. The average molecular weight is 352 g/mol. The van der Waals surface area contributed by atoms with Crippen molar-refractivity contribution in [3.63, 3.8) is 0 Å². The van der Waals surface area contributed by atoms with Gasteiger partial charge in [0.2, 0.25) is 15.9 Å². The van der Waals surface area contributed by atoms with E-state index in [0.717, 1.165) is 31.5 Å². The fraction of sp³-hybridized carbons (Fsp3) is 0.611. The summed E-state index contributed by atoms with van der Waals surface area (Å²) in [6, 6.07) is 7.54. The van der Waals surface area contributed by atoms with Crippen LogP contribution in [0.3, 0.4) is 0 Å². The third kappa shape index (κ3) is 4.97. The van der Waals surface area contributed by atoms with Crippen molar-refractivity contribution >= 4 is 21.6 Å². The summed E-state index contributed by atoms with van der Waals surface area (Å²) in [5, 5.41) is 0. The van der Waals surface area contributed by atoms with Crippen molar-refractivity contribution in [2.45, 2.75) is 45.4 Å². The quantitative estimate of drug-likeness (QED) is 0.791. The van der Waals surface area contributed by atoms with Gasteiger partial charge in [-0.05, 0) is 42.9 Å². The summed E-state index contributed by atoms with van der Waals surface area (Å²) in [4.78, 5) is 14.2. The van der Waals surface area contributed by atoms with Crippen LogP contribution < -0.4 is 4.31 Å². The van der Waals surface area contributed by atoms with Crippen LogP contribution in [0.15, 0.2) is 24.3 Å². The third-order valence-electron chi connectivity index (χ3n) is 4.49. The van der Waals surface area contributed by atoms with Crippen molar-refractivity contribution < 1.29 is 13.2 Å². The molecule has 0 aliphatic carbocycles. The number of benzene rings is 1. The summed E-state index contributed by atoms with van der Waals surface area (Å²) in [5.74, 6) is 0.438. The Morgan fingerprint density at radius 2 is 1.71 bits per heavy atom. The Hall–Kier alpha value is -1.56. The maximum atomic E-state index is 12.3. The molecule has 0 radical (unpaired) electrons. The van der Waals surface area contributed by atoms with Crippen LogP contribution in [0.5, 0.6) is 0 Å². The number of anilines is 1. The Labute approximate surface area is 145 Å². The number of likely N-dealkylation sites (tertiary alicyclic amines) is 1. The molecule has 6 heteroatoms. The fourth-order valence-corrected chi connectivity index (χ4v) is 3.94. The summed E-state index contributed by atoms with van der Waals surface area (Å²) < 4.78 is 25.6. The van der Waals surface area contributed by atoms with Gasteiger partial charge in [-0.3, -0.25) is 9.10 Å². The van der Waals surface area contributed by atoms with E-state index in [9.17, 15) is 13.2 Å². The summed E-state index contributed by atoms with van der Waals surface area (Å²) >= 11 is 0. The van der Waals surface area contributed by atoms with Crippen LogP contribution in [-0.4, -0.2) is 45.1 Å². The molecule has 1 saturated heterocycles. The Morgan fingerprint density at radius 1 is 1.12 bits per heavy atom. The molecule has 24 heavy (non-hydrogen) atoms. The monoisotopic (exact) mass is 352 g/mol. The first kappa shape index (κ1) is 18.8. The highest BCUT2D eigenvalue weighted by molar-refractivity contribution is 7.92. The lowest BCUT2D eigenvalue weighted by molar-refractivity contribution is -0.131. The number of hydrogen-bond acceptors (Lipinski definition) is 3. The van der Waals surface area contributed by atoms with Gasteiger partial charge in [-0.15, -0.1) is 0 Å². The zero-order valence-corrected chi connectivity index (χ0v) is 15.7. The van der Waals surface area contributed by atoms with Crippen LogP contribution in [0, 0.1) is 0 Å². The first-order valence-electron chi connectivity index (χ1n) is 8.64. The molecule has 0 bridgehead atoms. The van der Waals surface area contributed by atoms with Gasteiger partial charge in [0.1, 0.15) is 0 Å². The van der Waals surface area contributed by atoms with Crippen molar-refractivity contribution in [1.82, 2.24) is 4.90 Å². The predicted molar refractivity (Wildman–Crippen MR) is 97.8 cm³/mol. The average Bonchev–Trinajstić information content (AvgIpc) is 2.55. The molecule has 0 N–H and O–H groups in total. The molecular formula is C18H28N2O3S. The molecule has 0 atom stereocenters. The van der Waals surface area contributed by atoms with Crippen LogP contribution in [0.2, 0.25) is 0 Å². The molecule has 1 fully saturated rings. The van der Waals surface area contributed by atoms with E-state index in [0.29, 0.717) is 11.6 Å². The van der Waals surface area contributed by atoms with Crippen LogP contribution in [-0.2, 0) is 14.8 Å². The van der Waals surface area contributed by atoms with Crippen LogP contribution in [0.25, 0.3) is 0 Å². The lowest BCUT2D eigenvalue weighted by Crippen LogP contribution is -2.39. The zero-order chi connectivity index (χ0) is 17.7. The molecule has 0 saturated carbocycles. The van der Waals surface area contributed by atoms with Gasteiger partial charge in [0.25, 0.3) is 0 Å². The molecule has 1 aliphatic heterocycles. The van der Waals surface area contributed by atoms with Crippen LogP contribution >= 0.6 is 0 Å². The van der Waals surface area contributed by atoms with E-state index in [1.54, 1.807) is 0 Å². The second kappa shape index (κ2) is 8.01. The lowest BCUT2D eigenvalue weighted by Gasteiger charge is -2.28. The van der Waals surface area contributed by atoms with Crippen molar-refractivity contribution in [2.24, 2.45) is 0 Å². The predicted octanol–water partition coefficient (Wildman–Crippen LogP) is 2.98. The minimum atomic E-state index is -3.41. The summed E-state index contributed by atoms with van der Waals surface area (Å²) in [6.07, 6.45) is 4.66. The molecule has 1 heterocycles. The molecule has 1 aliphatic rings. The maximum absolute atomic E-state index is 12.3. The van der Waals surface area contributed by atoms with Gasteiger partial charge in [-0.1, -0.05) is 26.0 Å². The zero-order valence-electron chi connectivity index (χ0n) is 14.9. The van der Waals surface area contributed by atoms with Crippen molar-refractivity contribution in [2.75, 3.05) is 30.2 Å². The molecule has 1 amide bonds. The summed E-state index contributed by atoms with van der Waals surface area (Å²) in [6.45, 7) is 5.97. The van der Waals surface area contributed by atoms with E-state index in [1.165, 1.54) is 17.0 Å². The van der Waals surface area contributed by atoms with Gasteiger partial charge in [-0.2, -0.15) is 0 Å². The normalized spacial score (nSPS) is 15.6. The van der Waals surface area contributed by atoms with E-state index in [1.807, 2.05) is 29.2 Å². The summed E-state index contributed by atoms with van der Waals surface area (Å²) in [5.41, 5.74) is 1.78. The Kier molecular flexibility index (Phi) is 6.27. The molecule has 2 rings (SSSR count). The molecule has 134 valence electrons. The molecule has 0 unspecified atom stereocenters. The van der Waals surface area contributed by atoms with Gasteiger partial charge >= 0.3 is 0 Å². The smallest absolute Gasteiger partial charge is 0.232 e. The Balaban J connectivity index is 2.07. The van der Waals surface area contributed by atoms with E-state index < -0.39 is 10.0 Å². The topological polar surface area (TPSA) is 57.7 Å².